The molecular weight excluding hydrogens is 580 g/mol. The molecule has 0 bridgehead atoms. The number of amides is 1. The molecule has 1 unspecified atom stereocenters. The molecule has 0 N–H and O–H groups in total. The van der Waals surface area contributed by atoms with E-state index in [1.165, 1.54) is 35.6 Å². The fraction of sp³-hybridized carbons (Fsp3) is 0.179. The lowest BCUT2D eigenvalue weighted by atomic mass is 10.1. The molecule has 0 fully saturated rings. The highest BCUT2D eigenvalue weighted by molar-refractivity contribution is 8.14. The van der Waals surface area contributed by atoms with Crippen molar-refractivity contribution in [3.05, 3.63) is 111 Å². The molecule has 41 heavy (non-hydrogen) atoms. The van der Waals surface area contributed by atoms with Gasteiger partial charge in [-0.25, -0.2) is 22.6 Å². The summed E-state index contributed by atoms with van der Waals surface area (Å²) in [5.74, 6) is -5.63. The Balaban J connectivity index is 1.44. The van der Waals surface area contributed by atoms with Crippen molar-refractivity contribution >= 4 is 39.8 Å². The van der Waals surface area contributed by atoms with Crippen LogP contribution in [0.5, 0.6) is 5.75 Å². The number of aryl methyl sites for hydroxylation is 1. The van der Waals surface area contributed by atoms with E-state index in [9.17, 15) is 27.2 Å². The Kier molecular flexibility index (Phi) is 8.45. The number of hydrazone groups is 1. The largest absolute Gasteiger partial charge is 0.485 e. The summed E-state index contributed by atoms with van der Waals surface area (Å²) in [6.45, 7) is 1.63. The minimum Gasteiger partial charge on any atom is -0.485 e. The quantitative estimate of drug-likeness (QED) is 0.216. The highest BCUT2D eigenvalue weighted by Crippen LogP contribution is 2.45. The average Bonchev–Trinajstić information content (AvgIpc) is 3.59. The molecule has 1 atom stereocenters. The lowest BCUT2D eigenvalue weighted by molar-refractivity contribution is -0.120. The molecule has 0 aliphatic carbocycles. The van der Waals surface area contributed by atoms with Crippen LogP contribution in [0.2, 0.25) is 0 Å². The monoisotopic (exact) mass is 600 g/mol. The number of ketones is 1. The van der Waals surface area contributed by atoms with Gasteiger partial charge in [0.2, 0.25) is 0 Å². The fourth-order valence-corrected chi connectivity index (χ4v) is 5.95. The van der Waals surface area contributed by atoms with Crippen LogP contribution in [-0.4, -0.2) is 38.5 Å². The first-order valence-corrected chi connectivity index (χ1v) is 14.0. The van der Waals surface area contributed by atoms with Gasteiger partial charge in [-0.05, 0) is 36.8 Å². The third-order valence-corrected chi connectivity index (χ3v) is 8.18. The normalized spacial score (nSPS) is 14.7. The molecular formula is C28H20F4N4O3S2. The third kappa shape index (κ3) is 6.30. The number of aromatic nitrogens is 2. The van der Waals surface area contributed by atoms with Gasteiger partial charge in [0, 0.05) is 23.3 Å². The highest BCUT2D eigenvalue weighted by Gasteiger charge is 2.38. The van der Waals surface area contributed by atoms with E-state index in [1.807, 2.05) is 6.92 Å². The van der Waals surface area contributed by atoms with E-state index in [0.717, 1.165) is 21.8 Å². The number of Topliss-reactive ketones (excluding diaryl/α,β-unsaturated/α-hetero) is 1. The Morgan fingerprint density at radius 2 is 1.61 bits per heavy atom. The smallest absolute Gasteiger partial charge is 0.281 e. The molecule has 2 heterocycles. The molecule has 0 radical (unpaired) electrons. The molecule has 1 aromatic heterocycles. The van der Waals surface area contributed by atoms with Crippen LogP contribution < -0.4 is 4.74 Å². The Morgan fingerprint density at radius 3 is 2.29 bits per heavy atom. The van der Waals surface area contributed by atoms with Gasteiger partial charge in [-0.15, -0.1) is 21.5 Å². The number of carbonyl (C=O) groups excluding carboxylic acids is 2. The second kappa shape index (κ2) is 12.2. The van der Waals surface area contributed by atoms with Crippen molar-refractivity contribution < 1.29 is 31.9 Å². The van der Waals surface area contributed by atoms with Gasteiger partial charge in [0.05, 0.1) is 6.42 Å². The van der Waals surface area contributed by atoms with Crippen LogP contribution >= 0.6 is 23.1 Å². The molecule has 0 saturated heterocycles. The number of halogens is 4. The summed E-state index contributed by atoms with van der Waals surface area (Å²) in [6, 6.07) is 12.7. The van der Waals surface area contributed by atoms with Crippen LogP contribution in [-0.2, 0) is 17.6 Å². The van der Waals surface area contributed by atoms with Crippen LogP contribution in [0.3, 0.4) is 0 Å². The summed E-state index contributed by atoms with van der Waals surface area (Å²) in [4.78, 5) is 26.1. The SMILES string of the molecule is CCc1nnc(CC(=O)COc2ccccc2C2SC(c3ccc(F)cc3)=NN2C(=O)c2c(F)cc(F)cc2F)s1. The number of hydrogen-bond acceptors (Lipinski definition) is 8. The molecule has 1 aliphatic heterocycles. The molecule has 13 heteroatoms. The molecule has 1 amide bonds. The summed E-state index contributed by atoms with van der Waals surface area (Å²) < 4.78 is 62.1. The molecule has 5 rings (SSSR count). The number of benzene rings is 3. The van der Waals surface area contributed by atoms with Crippen LogP contribution in [0, 0.1) is 23.3 Å². The Labute approximate surface area is 239 Å². The fourth-order valence-electron chi connectivity index (χ4n) is 3.95. The van der Waals surface area contributed by atoms with Gasteiger partial charge in [-0.3, -0.25) is 9.59 Å². The van der Waals surface area contributed by atoms with Gasteiger partial charge in [-0.2, -0.15) is 5.10 Å². The summed E-state index contributed by atoms with van der Waals surface area (Å²) >= 11 is 2.40. The number of nitrogens with zero attached hydrogens (tertiary/aromatic N) is 4. The van der Waals surface area contributed by atoms with Gasteiger partial charge in [-0.1, -0.05) is 36.9 Å². The van der Waals surface area contributed by atoms with Gasteiger partial charge >= 0.3 is 0 Å². The Morgan fingerprint density at radius 1 is 0.927 bits per heavy atom. The van der Waals surface area contributed by atoms with Crippen molar-refractivity contribution in [2.24, 2.45) is 5.10 Å². The summed E-state index contributed by atoms with van der Waals surface area (Å²) in [7, 11) is 0. The predicted octanol–water partition coefficient (Wildman–Crippen LogP) is 6.10. The molecule has 3 aromatic carbocycles. The number of hydrogen-bond donors (Lipinski definition) is 0. The van der Waals surface area contributed by atoms with E-state index in [1.54, 1.807) is 24.3 Å². The van der Waals surface area contributed by atoms with Crippen LogP contribution in [0.25, 0.3) is 0 Å². The second-order valence-corrected chi connectivity index (χ2v) is 11.0. The van der Waals surface area contributed by atoms with E-state index >= 15 is 0 Å². The van der Waals surface area contributed by atoms with Gasteiger partial charge in [0.25, 0.3) is 5.91 Å². The summed E-state index contributed by atoms with van der Waals surface area (Å²) in [5, 5.41) is 13.8. The second-order valence-electron chi connectivity index (χ2n) is 8.76. The molecule has 210 valence electrons. The summed E-state index contributed by atoms with van der Waals surface area (Å²) in [5.41, 5.74) is -0.154. The number of carbonyl (C=O) groups is 2. The molecule has 0 saturated carbocycles. The van der Waals surface area contributed by atoms with E-state index in [2.05, 4.69) is 15.3 Å². The lowest BCUT2D eigenvalue weighted by Crippen LogP contribution is -2.28. The van der Waals surface area contributed by atoms with Crippen molar-refractivity contribution in [3.8, 4) is 5.75 Å². The van der Waals surface area contributed by atoms with Gasteiger partial charge in [0.1, 0.15) is 61.6 Å². The topological polar surface area (TPSA) is 84.8 Å². The van der Waals surface area contributed by atoms with Crippen molar-refractivity contribution in [1.29, 1.82) is 0 Å². The number of para-hydroxylation sites is 1. The van der Waals surface area contributed by atoms with Crippen LogP contribution in [0.4, 0.5) is 17.6 Å². The zero-order valence-corrected chi connectivity index (χ0v) is 22.9. The first kappa shape index (κ1) is 28.4. The van der Waals surface area contributed by atoms with Crippen LogP contribution in [0.1, 0.15) is 43.8 Å². The molecule has 1 aliphatic rings. The van der Waals surface area contributed by atoms with Crippen molar-refractivity contribution in [2.45, 2.75) is 25.1 Å². The Bertz CT molecular complexity index is 1620. The minimum absolute atomic E-state index is 0.0313. The van der Waals surface area contributed by atoms with Crippen LogP contribution in [0.15, 0.2) is 65.8 Å². The standard InChI is InChI=1S/C28H20F4N4O3S2/c1-2-23-33-34-24(40-23)13-18(37)14-39-22-6-4-3-5-19(22)28-36(27(38)25-20(31)11-17(30)12-21(25)32)35-26(41-28)15-7-9-16(29)10-8-15/h3-12,28H,2,13-14H2,1H3. The maximum Gasteiger partial charge on any atom is 0.281 e. The van der Waals surface area contributed by atoms with E-state index < -0.39 is 40.1 Å². The molecule has 7 nitrogen and oxygen atoms in total. The highest BCUT2D eigenvalue weighted by atomic mass is 32.2. The van der Waals surface area contributed by atoms with Crippen molar-refractivity contribution in [1.82, 2.24) is 15.2 Å². The zero-order chi connectivity index (χ0) is 29.1. The number of rotatable bonds is 9. The summed E-state index contributed by atoms with van der Waals surface area (Å²) in [6.07, 6.45) is 0.737. The van der Waals surface area contributed by atoms with E-state index in [-0.39, 0.29) is 29.6 Å². The van der Waals surface area contributed by atoms with Gasteiger partial charge in [0.15, 0.2) is 5.78 Å². The number of thioether (sulfide) groups is 1. The lowest BCUT2D eigenvalue weighted by Gasteiger charge is -2.23. The van der Waals surface area contributed by atoms with Crippen molar-refractivity contribution in [3.63, 3.8) is 0 Å². The molecule has 0 spiro atoms. The first-order valence-electron chi connectivity index (χ1n) is 12.3. The van der Waals surface area contributed by atoms with Gasteiger partial charge < -0.3 is 4.74 Å². The maximum atomic E-state index is 14.6. The van der Waals surface area contributed by atoms with E-state index in [0.29, 0.717) is 34.7 Å². The maximum absolute atomic E-state index is 14.6. The zero-order valence-electron chi connectivity index (χ0n) is 21.3. The third-order valence-electron chi connectivity index (χ3n) is 5.90. The molecule has 4 aromatic rings. The Hall–Kier alpha value is -4.10. The van der Waals surface area contributed by atoms with Crippen molar-refractivity contribution in [2.75, 3.05) is 6.61 Å². The predicted molar refractivity (Wildman–Crippen MR) is 146 cm³/mol. The minimum atomic E-state index is -1.39. The number of ether oxygens (including phenoxy) is 1. The average molecular weight is 601 g/mol. The first-order chi connectivity index (χ1) is 19.7. The van der Waals surface area contributed by atoms with E-state index in [4.69, 9.17) is 4.74 Å².